The number of likely N-dealkylation sites (tertiary alicyclic amines) is 1. The van der Waals surface area contributed by atoms with Crippen LogP contribution in [0.2, 0.25) is 0 Å². The summed E-state index contributed by atoms with van der Waals surface area (Å²) in [6.07, 6.45) is 3.82. The molecule has 1 rings (SSSR count). The highest BCUT2D eigenvalue weighted by Crippen LogP contribution is 2.20. The normalized spacial score (nSPS) is 24.9. The molecule has 0 aromatic heterocycles. The van der Waals surface area contributed by atoms with Crippen LogP contribution in [0.4, 0.5) is 0 Å². The SMILES string of the molecule is CCC1CCCN(CC(Br)C(=O)OC)C1. The van der Waals surface area contributed by atoms with Crippen molar-refractivity contribution < 1.29 is 9.53 Å². The molecule has 1 aliphatic rings. The van der Waals surface area contributed by atoms with Crippen LogP contribution in [0.5, 0.6) is 0 Å². The molecule has 15 heavy (non-hydrogen) atoms. The molecule has 2 atom stereocenters. The van der Waals surface area contributed by atoms with E-state index in [1.165, 1.54) is 26.4 Å². The second kappa shape index (κ2) is 6.48. The number of rotatable bonds is 4. The van der Waals surface area contributed by atoms with Crippen LogP contribution in [0.25, 0.3) is 0 Å². The molecule has 0 amide bonds. The highest BCUT2D eigenvalue weighted by atomic mass is 79.9. The van der Waals surface area contributed by atoms with Gasteiger partial charge in [-0.15, -0.1) is 0 Å². The van der Waals surface area contributed by atoms with Gasteiger partial charge in [-0.2, -0.15) is 0 Å². The Morgan fingerprint density at radius 3 is 3.00 bits per heavy atom. The molecule has 0 saturated carbocycles. The van der Waals surface area contributed by atoms with E-state index in [1.807, 2.05) is 0 Å². The summed E-state index contributed by atoms with van der Waals surface area (Å²) >= 11 is 3.36. The van der Waals surface area contributed by atoms with Gasteiger partial charge in [0.05, 0.1) is 7.11 Å². The van der Waals surface area contributed by atoms with E-state index in [4.69, 9.17) is 4.74 Å². The van der Waals surface area contributed by atoms with Gasteiger partial charge in [-0.25, -0.2) is 0 Å². The van der Waals surface area contributed by atoms with Crippen molar-refractivity contribution in [2.24, 2.45) is 5.92 Å². The minimum Gasteiger partial charge on any atom is -0.468 e. The maximum absolute atomic E-state index is 11.2. The van der Waals surface area contributed by atoms with E-state index in [0.29, 0.717) is 0 Å². The summed E-state index contributed by atoms with van der Waals surface area (Å²) in [6, 6.07) is 0. The molecule has 88 valence electrons. The number of ether oxygens (including phenoxy) is 1. The number of carbonyl (C=O) groups is 1. The lowest BCUT2D eigenvalue weighted by Crippen LogP contribution is -2.40. The van der Waals surface area contributed by atoms with Crippen LogP contribution in [0.3, 0.4) is 0 Å². The van der Waals surface area contributed by atoms with Crippen molar-refractivity contribution in [3.05, 3.63) is 0 Å². The summed E-state index contributed by atoms with van der Waals surface area (Å²) in [6.45, 7) is 5.23. The molecule has 0 aliphatic carbocycles. The van der Waals surface area contributed by atoms with Crippen molar-refractivity contribution in [3.8, 4) is 0 Å². The maximum atomic E-state index is 11.2. The van der Waals surface area contributed by atoms with Crippen molar-refractivity contribution in [1.29, 1.82) is 0 Å². The lowest BCUT2D eigenvalue weighted by molar-refractivity contribution is -0.140. The summed E-state index contributed by atoms with van der Waals surface area (Å²) in [5.41, 5.74) is 0. The van der Waals surface area contributed by atoms with Gasteiger partial charge < -0.3 is 9.64 Å². The zero-order valence-corrected chi connectivity index (χ0v) is 11.1. The summed E-state index contributed by atoms with van der Waals surface area (Å²) in [7, 11) is 1.43. The molecule has 1 saturated heterocycles. The van der Waals surface area contributed by atoms with E-state index in [9.17, 15) is 4.79 Å². The van der Waals surface area contributed by atoms with Gasteiger partial charge in [0.2, 0.25) is 0 Å². The average molecular weight is 278 g/mol. The van der Waals surface area contributed by atoms with E-state index in [2.05, 4.69) is 27.8 Å². The van der Waals surface area contributed by atoms with Gasteiger partial charge in [-0.1, -0.05) is 29.3 Å². The first kappa shape index (κ1) is 13.0. The van der Waals surface area contributed by atoms with Crippen molar-refractivity contribution in [1.82, 2.24) is 4.90 Å². The predicted octanol–water partition coefficient (Wildman–Crippen LogP) is 2.04. The van der Waals surface area contributed by atoms with E-state index in [0.717, 1.165) is 25.6 Å². The van der Waals surface area contributed by atoms with Crippen LogP contribution < -0.4 is 0 Å². The van der Waals surface area contributed by atoms with Crippen LogP contribution in [0.15, 0.2) is 0 Å². The molecule has 2 unspecified atom stereocenters. The third-order valence-corrected chi connectivity index (χ3v) is 3.72. The number of hydrogen-bond acceptors (Lipinski definition) is 3. The fourth-order valence-corrected chi connectivity index (χ4v) is 2.68. The lowest BCUT2D eigenvalue weighted by atomic mass is 9.95. The Morgan fingerprint density at radius 1 is 1.67 bits per heavy atom. The largest absolute Gasteiger partial charge is 0.468 e. The molecule has 1 aliphatic heterocycles. The number of nitrogens with zero attached hydrogens (tertiary/aromatic N) is 1. The fraction of sp³-hybridized carbons (Fsp3) is 0.909. The van der Waals surface area contributed by atoms with Gasteiger partial charge in [0.25, 0.3) is 0 Å². The van der Waals surface area contributed by atoms with E-state index >= 15 is 0 Å². The Labute approximate surface area is 100 Å². The smallest absolute Gasteiger partial charge is 0.320 e. The number of carbonyl (C=O) groups excluding carboxylic acids is 1. The predicted molar refractivity (Wildman–Crippen MR) is 64.2 cm³/mol. The minimum absolute atomic E-state index is 0.173. The van der Waals surface area contributed by atoms with Crippen LogP contribution in [0.1, 0.15) is 26.2 Å². The topological polar surface area (TPSA) is 29.5 Å². The average Bonchev–Trinajstić information content (AvgIpc) is 2.28. The zero-order valence-electron chi connectivity index (χ0n) is 9.54. The van der Waals surface area contributed by atoms with Crippen LogP contribution in [-0.4, -0.2) is 42.4 Å². The second-order valence-corrected chi connectivity index (χ2v) is 5.27. The van der Waals surface area contributed by atoms with Crippen molar-refractivity contribution >= 4 is 21.9 Å². The molecule has 3 nitrogen and oxygen atoms in total. The summed E-state index contributed by atoms with van der Waals surface area (Å²) < 4.78 is 4.69. The maximum Gasteiger partial charge on any atom is 0.320 e. The van der Waals surface area contributed by atoms with E-state index in [1.54, 1.807) is 0 Å². The van der Waals surface area contributed by atoms with Crippen molar-refractivity contribution in [3.63, 3.8) is 0 Å². The number of methoxy groups -OCH3 is 1. The molecule has 0 N–H and O–H groups in total. The van der Waals surface area contributed by atoms with Gasteiger partial charge in [0.15, 0.2) is 0 Å². The first-order valence-electron chi connectivity index (χ1n) is 5.61. The summed E-state index contributed by atoms with van der Waals surface area (Å²) in [5, 5.41) is 0. The number of halogens is 1. The van der Waals surface area contributed by atoms with E-state index < -0.39 is 0 Å². The standard InChI is InChI=1S/C11H20BrNO2/c1-3-9-5-4-6-13(7-9)8-10(12)11(14)15-2/h9-10H,3-8H2,1-2H3. The molecule has 0 spiro atoms. The molecule has 0 bridgehead atoms. The number of piperidine rings is 1. The Hall–Kier alpha value is -0.0900. The van der Waals surface area contributed by atoms with Gasteiger partial charge in [-0.05, 0) is 25.3 Å². The molecule has 0 aromatic rings. The van der Waals surface area contributed by atoms with Gasteiger partial charge >= 0.3 is 5.97 Å². The molecule has 4 heteroatoms. The number of alkyl halides is 1. The third kappa shape index (κ3) is 4.11. The first-order chi connectivity index (χ1) is 7.17. The quantitative estimate of drug-likeness (QED) is 0.582. The van der Waals surface area contributed by atoms with E-state index in [-0.39, 0.29) is 10.8 Å². The van der Waals surface area contributed by atoms with Gasteiger partial charge in [0, 0.05) is 13.1 Å². The molecule has 0 radical (unpaired) electrons. The van der Waals surface area contributed by atoms with Crippen LogP contribution >= 0.6 is 15.9 Å². The summed E-state index contributed by atoms with van der Waals surface area (Å²) in [5.74, 6) is 0.629. The third-order valence-electron chi connectivity index (χ3n) is 3.06. The molecular weight excluding hydrogens is 258 g/mol. The Morgan fingerprint density at radius 2 is 2.40 bits per heavy atom. The highest BCUT2D eigenvalue weighted by Gasteiger charge is 2.23. The molecule has 1 fully saturated rings. The minimum atomic E-state index is -0.182. The fourth-order valence-electron chi connectivity index (χ4n) is 2.08. The second-order valence-electron chi connectivity index (χ2n) is 4.17. The molecular formula is C11H20BrNO2. The Balaban J connectivity index is 2.34. The number of hydrogen-bond donors (Lipinski definition) is 0. The molecule has 1 heterocycles. The van der Waals surface area contributed by atoms with Crippen molar-refractivity contribution in [2.75, 3.05) is 26.7 Å². The number of esters is 1. The summed E-state index contributed by atoms with van der Waals surface area (Å²) in [4.78, 5) is 13.4. The first-order valence-corrected chi connectivity index (χ1v) is 6.53. The molecule has 0 aromatic carbocycles. The van der Waals surface area contributed by atoms with Gasteiger partial charge in [-0.3, -0.25) is 4.79 Å². The Kier molecular flexibility index (Phi) is 5.61. The van der Waals surface area contributed by atoms with Crippen LogP contribution in [0, 0.1) is 5.92 Å². The van der Waals surface area contributed by atoms with Crippen molar-refractivity contribution in [2.45, 2.75) is 31.0 Å². The Bertz CT molecular complexity index is 211. The van der Waals surface area contributed by atoms with Crippen LogP contribution in [-0.2, 0) is 9.53 Å². The lowest BCUT2D eigenvalue weighted by Gasteiger charge is -2.32. The highest BCUT2D eigenvalue weighted by molar-refractivity contribution is 9.10. The monoisotopic (exact) mass is 277 g/mol. The van der Waals surface area contributed by atoms with Gasteiger partial charge in [0.1, 0.15) is 4.83 Å². The zero-order chi connectivity index (χ0) is 11.3.